The number of imidazole rings is 1. The van der Waals surface area contributed by atoms with Crippen LogP contribution in [-0.2, 0) is 11.5 Å². The van der Waals surface area contributed by atoms with Gasteiger partial charge in [0, 0.05) is 0 Å². The van der Waals surface area contributed by atoms with Crippen molar-refractivity contribution in [1.29, 1.82) is 0 Å². The van der Waals surface area contributed by atoms with Crippen molar-refractivity contribution in [2.75, 3.05) is 13.2 Å². The van der Waals surface area contributed by atoms with Gasteiger partial charge in [-0.2, -0.15) is 0 Å². The van der Waals surface area contributed by atoms with Crippen molar-refractivity contribution in [1.82, 2.24) is 19.5 Å². The molecule has 0 saturated heterocycles. The van der Waals surface area contributed by atoms with Gasteiger partial charge in [0.15, 0.2) is 5.52 Å². The monoisotopic (exact) mass is 226 g/mol. The highest BCUT2D eigenvalue weighted by Gasteiger charge is 2.07. The van der Waals surface area contributed by atoms with Gasteiger partial charge in [-0.15, -0.1) is 0 Å². The second-order valence-electron chi connectivity index (χ2n) is 3.08. The number of aromatic amines is 2. The number of rotatable bonds is 4. The van der Waals surface area contributed by atoms with Crippen LogP contribution in [0, 0.1) is 0 Å². The van der Waals surface area contributed by atoms with E-state index in [0.29, 0.717) is 5.65 Å². The minimum absolute atomic E-state index is 0.0935. The Morgan fingerprint density at radius 3 is 3.00 bits per heavy atom. The average molecular weight is 226 g/mol. The molecule has 2 aromatic heterocycles. The van der Waals surface area contributed by atoms with Crippen molar-refractivity contribution in [2.24, 2.45) is 0 Å². The minimum atomic E-state index is -0.596. The molecule has 0 aliphatic heterocycles. The Morgan fingerprint density at radius 1 is 1.44 bits per heavy atom. The minimum Gasteiger partial charge on any atom is -0.394 e. The van der Waals surface area contributed by atoms with Crippen LogP contribution in [0.25, 0.3) is 11.2 Å². The van der Waals surface area contributed by atoms with Crippen LogP contribution in [0.3, 0.4) is 0 Å². The van der Waals surface area contributed by atoms with Gasteiger partial charge in [-0.05, 0) is 0 Å². The van der Waals surface area contributed by atoms with Crippen LogP contribution in [0.1, 0.15) is 0 Å². The van der Waals surface area contributed by atoms with E-state index in [9.17, 15) is 9.59 Å². The second kappa shape index (κ2) is 4.29. The molecule has 2 aromatic rings. The summed E-state index contributed by atoms with van der Waals surface area (Å²) in [4.78, 5) is 30.7. The van der Waals surface area contributed by atoms with Crippen molar-refractivity contribution in [3.8, 4) is 0 Å². The first-order valence-electron chi connectivity index (χ1n) is 4.58. The van der Waals surface area contributed by atoms with Crippen molar-refractivity contribution in [2.45, 2.75) is 6.73 Å². The quantitative estimate of drug-likeness (QED) is 0.542. The first-order valence-corrected chi connectivity index (χ1v) is 4.58. The molecule has 16 heavy (non-hydrogen) atoms. The zero-order valence-corrected chi connectivity index (χ0v) is 8.27. The summed E-state index contributed by atoms with van der Waals surface area (Å²) in [5.41, 5.74) is -0.694. The summed E-state index contributed by atoms with van der Waals surface area (Å²) in [6.07, 6.45) is 1.38. The molecule has 0 saturated carbocycles. The zero-order chi connectivity index (χ0) is 11.5. The van der Waals surface area contributed by atoms with Crippen LogP contribution in [0.2, 0.25) is 0 Å². The van der Waals surface area contributed by atoms with Gasteiger partial charge in [-0.25, -0.2) is 9.78 Å². The fourth-order valence-corrected chi connectivity index (χ4v) is 1.31. The van der Waals surface area contributed by atoms with E-state index in [0.717, 1.165) is 0 Å². The molecule has 0 atom stereocenters. The highest BCUT2D eigenvalue weighted by atomic mass is 16.5. The Hall–Kier alpha value is -1.93. The number of hydrogen-bond donors (Lipinski definition) is 3. The van der Waals surface area contributed by atoms with Crippen LogP contribution in [0.15, 0.2) is 15.9 Å². The molecular weight excluding hydrogens is 216 g/mol. The predicted octanol–water partition coefficient (Wildman–Crippen LogP) is -1.62. The van der Waals surface area contributed by atoms with Gasteiger partial charge < -0.3 is 9.84 Å². The standard InChI is InChI=1S/C8H10N4O4/c13-1-2-16-4-12-3-9-5-6(12)10-8(15)11-7(5)14/h3,13H,1-2,4H2,(H2,10,11,14,15). The predicted molar refractivity (Wildman–Crippen MR) is 54.0 cm³/mol. The molecule has 2 rings (SSSR count). The Bertz CT molecular complexity index is 596. The molecule has 0 aliphatic rings. The van der Waals surface area contributed by atoms with E-state index < -0.39 is 11.2 Å². The fraction of sp³-hybridized carbons (Fsp3) is 0.375. The Kier molecular flexibility index (Phi) is 2.84. The van der Waals surface area contributed by atoms with Gasteiger partial charge in [-0.3, -0.25) is 19.3 Å². The van der Waals surface area contributed by atoms with Gasteiger partial charge in [0.05, 0.1) is 19.5 Å². The lowest BCUT2D eigenvalue weighted by Crippen LogP contribution is -2.22. The van der Waals surface area contributed by atoms with E-state index in [1.54, 1.807) is 0 Å². The average Bonchev–Trinajstić information content (AvgIpc) is 2.62. The van der Waals surface area contributed by atoms with Crippen LogP contribution in [0.5, 0.6) is 0 Å². The summed E-state index contributed by atoms with van der Waals surface area (Å²) in [6, 6.07) is 0. The van der Waals surface area contributed by atoms with Gasteiger partial charge in [0.1, 0.15) is 12.4 Å². The molecule has 0 aliphatic carbocycles. The Morgan fingerprint density at radius 2 is 2.25 bits per heavy atom. The van der Waals surface area contributed by atoms with Crippen molar-refractivity contribution < 1.29 is 9.84 Å². The maximum Gasteiger partial charge on any atom is 0.327 e. The number of nitrogens with one attached hydrogen (secondary N) is 2. The third kappa shape index (κ3) is 1.88. The first-order chi connectivity index (χ1) is 7.72. The molecule has 0 unspecified atom stereocenters. The molecule has 3 N–H and O–H groups in total. The van der Waals surface area contributed by atoms with Crippen molar-refractivity contribution in [3.63, 3.8) is 0 Å². The first kappa shape index (κ1) is 10.6. The number of ether oxygens (including phenoxy) is 1. The summed E-state index contributed by atoms with van der Waals surface area (Å²) >= 11 is 0. The zero-order valence-electron chi connectivity index (χ0n) is 8.27. The normalized spacial score (nSPS) is 11.1. The third-order valence-corrected chi connectivity index (χ3v) is 1.98. The number of aliphatic hydroxyl groups excluding tert-OH is 1. The van der Waals surface area contributed by atoms with E-state index in [-0.39, 0.29) is 25.5 Å². The number of hydrogen-bond acceptors (Lipinski definition) is 5. The summed E-state index contributed by atoms with van der Waals surface area (Å²) in [5, 5.41) is 8.53. The molecule has 8 heteroatoms. The van der Waals surface area contributed by atoms with Crippen LogP contribution < -0.4 is 11.2 Å². The molecule has 2 heterocycles. The lowest BCUT2D eigenvalue weighted by molar-refractivity contribution is 0.0499. The Labute approximate surface area is 88.5 Å². The van der Waals surface area contributed by atoms with E-state index in [1.165, 1.54) is 10.9 Å². The molecule has 86 valence electrons. The number of nitrogens with zero attached hydrogens (tertiary/aromatic N) is 2. The second-order valence-corrected chi connectivity index (χ2v) is 3.08. The highest BCUT2D eigenvalue weighted by Crippen LogP contribution is 2.02. The molecule has 0 amide bonds. The molecule has 8 nitrogen and oxygen atoms in total. The van der Waals surface area contributed by atoms with E-state index in [2.05, 4.69) is 15.0 Å². The molecule has 0 bridgehead atoms. The number of aliphatic hydroxyl groups is 1. The highest BCUT2D eigenvalue weighted by molar-refractivity contribution is 5.68. The van der Waals surface area contributed by atoms with Crippen LogP contribution in [0.4, 0.5) is 0 Å². The van der Waals surface area contributed by atoms with Gasteiger partial charge in [-0.1, -0.05) is 0 Å². The molecule has 0 fully saturated rings. The van der Waals surface area contributed by atoms with Crippen molar-refractivity contribution >= 4 is 11.2 Å². The number of H-pyrrole nitrogens is 2. The maximum atomic E-state index is 11.3. The van der Waals surface area contributed by atoms with E-state index in [4.69, 9.17) is 9.84 Å². The summed E-state index contributed by atoms with van der Waals surface area (Å²) in [7, 11) is 0. The van der Waals surface area contributed by atoms with Crippen LogP contribution >= 0.6 is 0 Å². The molecule has 0 radical (unpaired) electrons. The summed E-state index contributed by atoms with van der Waals surface area (Å²) < 4.78 is 6.53. The van der Waals surface area contributed by atoms with E-state index in [1.807, 2.05) is 0 Å². The Balaban J connectivity index is 2.40. The fourth-order valence-electron chi connectivity index (χ4n) is 1.31. The topological polar surface area (TPSA) is 113 Å². The third-order valence-electron chi connectivity index (χ3n) is 1.98. The van der Waals surface area contributed by atoms with Gasteiger partial charge in [0.2, 0.25) is 0 Å². The van der Waals surface area contributed by atoms with Crippen LogP contribution in [-0.4, -0.2) is 37.8 Å². The van der Waals surface area contributed by atoms with Crippen molar-refractivity contribution in [3.05, 3.63) is 27.2 Å². The smallest absolute Gasteiger partial charge is 0.327 e. The lowest BCUT2D eigenvalue weighted by atomic mass is 10.5. The molecule has 0 spiro atoms. The van der Waals surface area contributed by atoms with Gasteiger partial charge in [0.25, 0.3) is 5.56 Å². The van der Waals surface area contributed by atoms with Gasteiger partial charge >= 0.3 is 5.69 Å². The lowest BCUT2D eigenvalue weighted by Gasteiger charge is -2.03. The summed E-state index contributed by atoms with van der Waals surface area (Å²) in [5.74, 6) is 0. The van der Waals surface area contributed by atoms with E-state index >= 15 is 0 Å². The molecular formula is C8H10N4O4. The number of aromatic nitrogens is 4. The number of fused-ring (bicyclic) bond motifs is 1. The maximum absolute atomic E-state index is 11.3. The SMILES string of the molecule is O=c1[nH]c(=O)c2ncn(COCCO)c2[nH]1. The molecule has 0 aromatic carbocycles. The largest absolute Gasteiger partial charge is 0.394 e. The summed E-state index contributed by atoms with van der Waals surface area (Å²) in [6.45, 7) is 0.188.